The van der Waals surface area contributed by atoms with Crippen LogP contribution in [0.4, 0.5) is 17.6 Å². The lowest BCUT2D eigenvalue weighted by Gasteiger charge is -2.15. The smallest absolute Gasteiger partial charge is 0.310 e. The SMILES string of the molecule is O=C(C=C(O)c1cc(Cc2c(F)cccc2F)cn(Cc2c(F)cccc2F)c1=O)C(=O)NN1CCCC1=O. The Morgan fingerprint density at radius 2 is 1.54 bits per heavy atom. The van der Waals surface area contributed by atoms with Crippen molar-refractivity contribution in [1.82, 2.24) is 15.0 Å². The number of ketones is 1. The average molecular weight is 543 g/mol. The first-order valence-electron chi connectivity index (χ1n) is 11.7. The fourth-order valence-electron chi connectivity index (χ4n) is 4.07. The first-order valence-corrected chi connectivity index (χ1v) is 11.7. The minimum Gasteiger partial charge on any atom is -0.507 e. The van der Waals surface area contributed by atoms with E-state index >= 15 is 0 Å². The quantitative estimate of drug-likeness (QED) is 0.196. The van der Waals surface area contributed by atoms with Gasteiger partial charge in [0.1, 0.15) is 29.0 Å². The molecule has 0 bridgehead atoms. The molecule has 2 N–H and O–H groups in total. The monoisotopic (exact) mass is 543 g/mol. The first-order chi connectivity index (χ1) is 18.5. The van der Waals surface area contributed by atoms with Gasteiger partial charge in [-0.15, -0.1) is 0 Å². The number of aromatic nitrogens is 1. The highest BCUT2D eigenvalue weighted by Crippen LogP contribution is 2.20. The molecule has 1 aromatic heterocycles. The van der Waals surface area contributed by atoms with E-state index in [-0.39, 0.29) is 24.1 Å². The van der Waals surface area contributed by atoms with E-state index in [2.05, 4.69) is 5.43 Å². The minimum absolute atomic E-state index is 0.0462. The zero-order chi connectivity index (χ0) is 28.3. The van der Waals surface area contributed by atoms with Crippen molar-refractivity contribution in [2.24, 2.45) is 0 Å². The molecule has 4 rings (SSSR count). The molecule has 2 heterocycles. The second-order valence-corrected chi connectivity index (χ2v) is 8.76. The van der Waals surface area contributed by atoms with E-state index in [1.807, 2.05) is 0 Å². The van der Waals surface area contributed by atoms with Crippen molar-refractivity contribution in [3.05, 3.63) is 111 Å². The zero-order valence-corrected chi connectivity index (χ0v) is 20.2. The molecule has 1 aliphatic heterocycles. The van der Waals surface area contributed by atoms with Crippen molar-refractivity contribution < 1.29 is 37.1 Å². The lowest BCUT2D eigenvalue weighted by atomic mass is 10.0. The van der Waals surface area contributed by atoms with E-state index in [1.54, 1.807) is 0 Å². The number of rotatable bonds is 8. The highest BCUT2D eigenvalue weighted by Gasteiger charge is 2.25. The van der Waals surface area contributed by atoms with Gasteiger partial charge in [0.25, 0.3) is 5.56 Å². The molecular weight excluding hydrogens is 522 g/mol. The summed E-state index contributed by atoms with van der Waals surface area (Å²) in [7, 11) is 0. The zero-order valence-electron chi connectivity index (χ0n) is 20.2. The number of hydrogen-bond acceptors (Lipinski definition) is 5. The van der Waals surface area contributed by atoms with Gasteiger partial charge in [-0.25, -0.2) is 17.6 Å². The van der Waals surface area contributed by atoms with Crippen molar-refractivity contribution in [3.63, 3.8) is 0 Å². The highest BCUT2D eigenvalue weighted by molar-refractivity contribution is 6.41. The summed E-state index contributed by atoms with van der Waals surface area (Å²) in [5, 5.41) is 11.6. The number of pyridine rings is 1. The first kappa shape index (κ1) is 27.3. The van der Waals surface area contributed by atoms with Crippen LogP contribution in [0.25, 0.3) is 5.76 Å². The molecule has 0 radical (unpaired) electrons. The maximum absolute atomic E-state index is 14.3. The summed E-state index contributed by atoms with van der Waals surface area (Å²) in [6, 6.07) is 7.31. The number of hydrogen-bond donors (Lipinski definition) is 2. The number of nitrogens with zero attached hydrogens (tertiary/aromatic N) is 2. The molecular formula is C27H21F4N3O5. The van der Waals surface area contributed by atoms with Crippen LogP contribution in [0.15, 0.2) is 59.5 Å². The van der Waals surface area contributed by atoms with E-state index < -0.39 is 76.3 Å². The number of carbonyl (C=O) groups is 3. The predicted molar refractivity (Wildman–Crippen MR) is 130 cm³/mol. The summed E-state index contributed by atoms with van der Waals surface area (Å²) >= 11 is 0. The van der Waals surface area contributed by atoms with E-state index in [9.17, 15) is 41.8 Å². The lowest BCUT2D eigenvalue weighted by molar-refractivity contribution is -0.143. The number of benzene rings is 2. The van der Waals surface area contributed by atoms with Crippen molar-refractivity contribution in [2.45, 2.75) is 25.8 Å². The van der Waals surface area contributed by atoms with Crippen LogP contribution in [-0.4, -0.2) is 38.8 Å². The molecule has 0 spiro atoms. The molecule has 39 heavy (non-hydrogen) atoms. The van der Waals surface area contributed by atoms with Crippen LogP contribution in [-0.2, 0) is 27.3 Å². The largest absolute Gasteiger partial charge is 0.507 e. The molecule has 1 aliphatic rings. The Hall–Kier alpha value is -4.74. The molecule has 0 atom stereocenters. The van der Waals surface area contributed by atoms with Crippen LogP contribution in [0.2, 0.25) is 0 Å². The van der Waals surface area contributed by atoms with Crippen LogP contribution >= 0.6 is 0 Å². The summed E-state index contributed by atoms with van der Waals surface area (Å²) in [4.78, 5) is 49.4. The van der Waals surface area contributed by atoms with Gasteiger partial charge in [0.05, 0.1) is 12.1 Å². The third kappa shape index (κ3) is 6.06. The standard InChI is InChI=1S/C27H21F4N3O5/c28-19-4-1-5-20(29)16(19)10-15-11-17(23(35)12-24(36)26(38)32-34-9-3-8-25(34)37)27(39)33(13-15)14-18-21(30)6-2-7-22(18)31/h1-2,4-7,11-13,35H,3,8-10,14H2,(H,32,38). The molecule has 8 nitrogen and oxygen atoms in total. The second kappa shape index (κ2) is 11.3. The van der Waals surface area contributed by atoms with Gasteiger partial charge in [0, 0.05) is 42.8 Å². The third-order valence-electron chi connectivity index (χ3n) is 6.05. The minimum atomic E-state index is -1.30. The Labute approximate surface area is 218 Å². The summed E-state index contributed by atoms with van der Waals surface area (Å²) in [6.07, 6.45) is 1.79. The van der Waals surface area contributed by atoms with E-state index in [0.717, 1.165) is 58.2 Å². The van der Waals surface area contributed by atoms with Crippen molar-refractivity contribution in [2.75, 3.05) is 6.54 Å². The van der Waals surface area contributed by atoms with Crippen LogP contribution in [0.1, 0.15) is 35.1 Å². The Morgan fingerprint density at radius 3 is 2.10 bits per heavy atom. The van der Waals surface area contributed by atoms with Gasteiger partial charge >= 0.3 is 5.91 Å². The maximum atomic E-state index is 14.3. The highest BCUT2D eigenvalue weighted by atomic mass is 19.1. The van der Waals surface area contributed by atoms with E-state index in [4.69, 9.17) is 0 Å². The Balaban J connectivity index is 1.73. The molecule has 2 amide bonds. The molecule has 3 aromatic rings. The topological polar surface area (TPSA) is 109 Å². The summed E-state index contributed by atoms with van der Waals surface area (Å²) in [6.45, 7) is -0.462. The number of halogens is 4. The number of nitrogens with one attached hydrogen (secondary N) is 1. The molecule has 0 unspecified atom stereocenters. The van der Waals surface area contributed by atoms with E-state index in [1.165, 1.54) is 0 Å². The Bertz CT molecular complexity index is 1530. The van der Waals surface area contributed by atoms with Crippen LogP contribution < -0.4 is 11.0 Å². The van der Waals surface area contributed by atoms with Crippen LogP contribution in [0.3, 0.4) is 0 Å². The summed E-state index contributed by atoms with van der Waals surface area (Å²) in [5.74, 6) is -7.64. The average Bonchev–Trinajstić information content (AvgIpc) is 3.29. The molecule has 0 saturated carbocycles. The van der Waals surface area contributed by atoms with E-state index in [0.29, 0.717) is 12.5 Å². The van der Waals surface area contributed by atoms with Gasteiger partial charge in [-0.1, -0.05) is 12.1 Å². The lowest BCUT2D eigenvalue weighted by Crippen LogP contribution is -2.45. The van der Waals surface area contributed by atoms with Crippen molar-refractivity contribution in [3.8, 4) is 0 Å². The summed E-state index contributed by atoms with van der Waals surface area (Å²) < 4.78 is 58.0. The Morgan fingerprint density at radius 1 is 0.949 bits per heavy atom. The van der Waals surface area contributed by atoms with Crippen LogP contribution in [0.5, 0.6) is 0 Å². The number of hydrazine groups is 1. The molecule has 0 aliphatic carbocycles. The second-order valence-electron chi connectivity index (χ2n) is 8.76. The van der Waals surface area contributed by atoms with Gasteiger partial charge in [-0.3, -0.25) is 29.6 Å². The van der Waals surface area contributed by atoms with Gasteiger partial charge in [0.15, 0.2) is 0 Å². The number of amides is 2. The molecule has 202 valence electrons. The number of carbonyl (C=O) groups excluding carboxylic acids is 3. The van der Waals surface area contributed by atoms with Gasteiger partial charge in [-0.05, 0) is 42.3 Å². The molecule has 1 saturated heterocycles. The Kier molecular flexibility index (Phi) is 7.93. The molecule has 2 aromatic carbocycles. The predicted octanol–water partition coefficient (Wildman–Crippen LogP) is 3.17. The van der Waals surface area contributed by atoms with Gasteiger partial charge in [-0.2, -0.15) is 0 Å². The number of aliphatic hydroxyl groups excluding tert-OH is 1. The van der Waals surface area contributed by atoms with Crippen LogP contribution in [0, 0.1) is 23.3 Å². The number of aliphatic hydroxyl groups is 1. The maximum Gasteiger partial charge on any atom is 0.310 e. The molecule has 1 fully saturated rings. The van der Waals surface area contributed by atoms with Gasteiger partial charge < -0.3 is 9.67 Å². The fraction of sp³-hybridized carbons (Fsp3) is 0.185. The fourth-order valence-corrected chi connectivity index (χ4v) is 4.07. The third-order valence-corrected chi connectivity index (χ3v) is 6.05. The van der Waals surface area contributed by atoms with Crippen molar-refractivity contribution in [1.29, 1.82) is 0 Å². The molecule has 12 heteroatoms. The van der Waals surface area contributed by atoms with Crippen molar-refractivity contribution >= 4 is 23.4 Å². The van der Waals surface area contributed by atoms with Gasteiger partial charge in [0.2, 0.25) is 11.7 Å². The normalized spacial score (nSPS) is 13.6. The summed E-state index contributed by atoms with van der Waals surface area (Å²) in [5.41, 5.74) is -0.295.